The fraction of sp³-hybridized carbons (Fsp3) is 0.278. The van der Waals surface area contributed by atoms with Crippen molar-refractivity contribution < 1.29 is 5.11 Å². The van der Waals surface area contributed by atoms with Crippen molar-refractivity contribution in [3.8, 4) is 17.1 Å². The lowest BCUT2D eigenvalue weighted by Gasteiger charge is -2.41. The number of phenols is 1. The van der Waals surface area contributed by atoms with Crippen LogP contribution in [-0.4, -0.2) is 44.9 Å². The first-order valence-electron chi connectivity index (χ1n) is 8.69. The number of benzene rings is 2. The number of para-hydroxylation sites is 1. The highest BCUT2D eigenvalue weighted by molar-refractivity contribution is 7.99. The number of nitrogens with one attached hydrogen (secondary N) is 2. The predicted molar refractivity (Wildman–Crippen MR) is 99.9 cm³/mol. The van der Waals surface area contributed by atoms with Gasteiger partial charge in [-0.25, -0.2) is 0 Å². The monoisotopic (exact) mass is 366 g/mol. The summed E-state index contributed by atoms with van der Waals surface area (Å²) in [6.45, 7) is 1.99. The van der Waals surface area contributed by atoms with Crippen LogP contribution in [0.4, 0.5) is 11.4 Å². The molecule has 1 fully saturated rings. The lowest BCUT2D eigenvalue weighted by atomic mass is 10.0. The molecule has 1 saturated heterocycles. The van der Waals surface area contributed by atoms with Crippen LogP contribution >= 0.6 is 11.8 Å². The van der Waals surface area contributed by atoms with Crippen LogP contribution in [0.15, 0.2) is 46.2 Å². The average Bonchev–Trinajstić information content (AvgIpc) is 3.22. The highest BCUT2D eigenvalue weighted by atomic mass is 32.2. The highest BCUT2D eigenvalue weighted by Crippen LogP contribution is 2.54. The molecule has 2 aliphatic rings. The smallest absolute Gasteiger partial charge is 0.204 e. The van der Waals surface area contributed by atoms with Crippen LogP contribution in [0.3, 0.4) is 0 Å². The number of hydrogen-bond acceptors (Lipinski definition) is 7. The molecule has 5 rings (SSSR count). The molecule has 2 aliphatic heterocycles. The number of nitrogens with zero attached hydrogens (tertiary/aromatic N) is 4. The van der Waals surface area contributed by atoms with Gasteiger partial charge in [-0.2, -0.15) is 5.21 Å². The second kappa shape index (κ2) is 6.30. The van der Waals surface area contributed by atoms with Crippen molar-refractivity contribution in [2.75, 3.05) is 18.0 Å². The van der Waals surface area contributed by atoms with E-state index in [1.54, 1.807) is 17.8 Å². The van der Waals surface area contributed by atoms with E-state index < -0.39 is 0 Å². The van der Waals surface area contributed by atoms with E-state index >= 15 is 0 Å². The van der Waals surface area contributed by atoms with Crippen molar-refractivity contribution >= 4 is 23.1 Å². The summed E-state index contributed by atoms with van der Waals surface area (Å²) in [5.74, 6) is 0.735. The Bertz CT molecular complexity index is 939. The lowest BCUT2D eigenvalue weighted by Crippen LogP contribution is -2.41. The summed E-state index contributed by atoms with van der Waals surface area (Å²) < 4.78 is 0. The van der Waals surface area contributed by atoms with Crippen LogP contribution in [0, 0.1) is 0 Å². The van der Waals surface area contributed by atoms with E-state index in [1.807, 2.05) is 6.07 Å². The maximum absolute atomic E-state index is 10.9. The molecule has 132 valence electrons. The van der Waals surface area contributed by atoms with Crippen molar-refractivity contribution in [2.24, 2.45) is 0 Å². The topological polar surface area (TPSA) is 90.0 Å². The molecule has 0 bridgehead atoms. The number of hydrogen-bond donors (Lipinski definition) is 3. The number of aromatic hydroxyl groups is 1. The first-order chi connectivity index (χ1) is 12.8. The number of piperidine rings is 1. The predicted octanol–water partition coefficient (Wildman–Crippen LogP) is 2.93. The molecule has 3 N–H and O–H groups in total. The first kappa shape index (κ1) is 15.7. The zero-order valence-electron chi connectivity index (χ0n) is 14.0. The van der Waals surface area contributed by atoms with Gasteiger partial charge in [0.25, 0.3) is 0 Å². The third-order valence-corrected chi connectivity index (χ3v) is 6.01. The fourth-order valence-electron chi connectivity index (χ4n) is 3.75. The van der Waals surface area contributed by atoms with Gasteiger partial charge in [-0.15, -0.1) is 10.2 Å². The fourth-order valence-corrected chi connectivity index (χ4v) is 4.89. The standard InChI is InChI=1S/C18H18N6OS/c25-14-9-11(18-20-22-23-21-18)10-16-17(14)24(12-5-7-19-8-6-12)13-3-1-2-4-15(13)26-16/h1-4,9-10,12,19,25H,5-8H2,(H,20,21,22,23). The molecular weight excluding hydrogens is 348 g/mol. The molecule has 3 aromatic rings. The van der Waals surface area contributed by atoms with Crippen molar-refractivity contribution in [2.45, 2.75) is 28.7 Å². The Morgan fingerprint density at radius 1 is 1.12 bits per heavy atom. The van der Waals surface area contributed by atoms with Crippen molar-refractivity contribution in [1.29, 1.82) is 0 Å². The minimum atomic E-state index is 0.253. The van der Waals surface area contributed by atoms with Gasteiger partial charge in [0.15, 0.2) is 0 Å². The normalized spacial score (nSPS) is 17.0. The van der Waals surface area contributed by atoms with Gasteiger partial charge in [-0.1, -0.05) is 23.9 Å². The van der Waals surface area contributed by atoms with Crippen LogP contribution in [-0.2, 0) is 0 Å². The molecule has 2 aromatic carbocycles. The Hall–Kier alpha value is -2.58. The zero-order valence-corrected chi connectivity index (χ0v) is 14.8. The maximum atomic E-state index is 10.9. The summed E-state index contributed by atoms with van der Waals surface area (Å²) in [5, 5.41) is 28.5. The number of rotatable bonds is 2. The minimum Gasteiger partial charge on any atom is -0.506 e. The number of aromatic amines is 1. The van der Waals surface area contributed by atoms with E-state index in [1.165, 1.54) is 10.6 Å². The van der Waals surface area contributed by atoms with E-state index in [0.717, 1.165) is 42.1 Å². The summed E-state index contributed by atoms with van der Waals surface area (Å²) in [7, 11) is 0. The number of phenolic OH excluding ortho intramolecular Hbond substituents is 1. The molecule has 0 amide bonds. The maximum Gasteiger partial charge on any atom is 0.204 e. The summed E-state index contributed by atoms with van der Waals surface area (Å²) in [5.41, 5.74) is 2.81. The van der Waals surface area contributed by atoms with Crippen LogP contribution in [0.5, 0.6) is 5.75 Å². The van der Waals surface area contributed by atoms with E-state index in [4.69, 9.17) is 0 Å². The van der Waals surface area contributed by atoms with E-state index in [-0.39, 0.29) is 5.75 Å². The second-order valence-corrected chi connectivity index (χ2v) is 7.58. The number of aromatic nitrogens is 4. The third-order valence-electron chi connectivity index (χ3n) is 4.92. The minimum absolute atomic E-state index is 0.253. The van der Waals surface area contributed by atoms with Crippen LogP contribution in [0.25, 0.3) is 11.4 Å². The van der Waals surface area contributed by atoms with Crippen LogP contribution < -0.4 is 10.2 Å². The molecule has 8 heteroatoms. The van der Waals surface area contributed by atoms with Crippen molar-refractivity contribution in [3.63, 3.8) is 0 Å². The number of H-pyrrole nitrogens is 1. The van der Waals surface area contributed by atoms with E-state index in [0.29, 0.717) is 11.9 Å². The Labute approximate surface area is 154 Å². The number of tetrazole rings is 1. The molecule has 0 unspecified atom stereocenters. The molecule has 0 aliphatic carbocycles. The quantitative estimate of drug-likeness (QED) is 0.642. The zero-order chi connectivity index (χ0) is 17.5. The van der Waals surface area contributed by atoms with Crippen LogP contribution in [0.1, 0.15) is 12.8 Å². The number of anilines is 2. The molecule has 0 spiro atoms. The van der Waals surface area contributed by atoms with E-state index in [2.05, 4.69) is 55.1 Å². The molecule has 0 radical (unpaired) electrons. The molecule has 1 aromatic heterocycles. The number of fused-ring (bicyclic) bond motifs is 2. The van der Waals surface area contributed by atoms with Gasteiger partial charge >= 0.3 is 0 Å². The highest BCUT2D eigenvalue weighted by Gasteiger charge is 2.32. The van der Waals surface area contributed by atoms with Crippen molar-refractivity contribution in [1.82, 2.24) is 25.9 Å². The summed E-state index contributed by atoms with van der Waals surface area (Å²) in [6.07, 6.45) is 2.09. The second-order valence-electron chi connectivity index (χ2n) is 6.50. The van der Waals surface area contributed by atoms with Gasteiger partial charge < -0.3 is 15.3 Å². The first-order valence-corrected chi connectivity index (χ1v) is 9.50. The van der Waals surface area contributed by atoms with Crippen LogP contribution in [0.2, 0.25) is 0 Å². The molecule has 26 heavy (non-hydrogen) atoms. The Balaban J connectivity index is 1.67. The largest absolute Gasteiger partial charge is 0.506 e. The lowest BCUT2D eigenvalue weighted by molar-refractivity contribution is 0.437. The van der Waals surface area contributed by atoms with Gasteiger partial charge in [0, 0.05) is 21.4 Å². The summed E-state index contributed by atoms with van der Waals surface area (Å²) in [6, 6.07) is 12.5. The van der Waals surface area contributed by atoms with Crippen molar-refractivity contribution in [3.05, 3.63) is 36.4 Å². The Morgan fingerprint density at radius 2 is 1.96 bits per heavy atom. The Kier molecular flexibility index (Phi) is 3.79. The summed E-state index contributed by atoms with van der Waals surface area (Å²) in [4.78, 5) is 4.53. The van der Waals surface area contributed by atoms with Gasteiger partial charge in [-0.3, -0.25) is 0 Å². The molecule has 0 saturated carbocycles. The van der Waals surface area contributed by atoms with Gasteiger partial charge in [0.05, 0.1) is 11.4 Å². The Morgan fingerprint density at radius 3 is 2.77 bits per heavy atom. The molecule has 0 atom stereocenters. The van der Waals surface area contributed by atoms with Gasteiger partial charge in [0.2, 0.25) is 5.82 Å². The molecular formula is C18H18N6OS. The summed E-state index contributed by atoms with van der Waals surface area (Å²) >= 11 is 1.67. The average molecular weight is 366 g/mol. The van der Waals surface area contributed by atoms with Gasteiger partial charge in [0.1, 0.15) is 5.75 Å². The van der Waals surface area contributed by atoms with E-state index in [9.17, 15) is 5.11 Å². The molecule has 3 heterocycles. The van der Waals surface area contributed by atoms with Gasteiger partial charge in [-0.05, 0) is 55.4 Å². The SMILES string of the molecule is Oc1cc(-c2nn[nH]n2)cc2c1N(C1CCNCC1)c1ccccc1S2. The molecule has 7 nitrogen and oxygen atoms in total. The third kappa shape index (κ3) is 2.53.